The number of aliphatic hydroxyl groups excluding tert-OH is 1. The second-order valence-corrected chi connectivity index (χ2v) is 2.84. The molecule has 1 fully saturated rings. The molecule has 59 valence electrons. The lowest BCUT2D eigenvalue weighted by Crippen LogP contribution is -2.45. The average molecular weight is 143 g/mol. The molecule has 1 heterocycles. The minimum absolute atomic E-state index is 0.452. The molecule has 0 atom stereocenters. The van der Waals surface area contributed by atoms with Crippen LogP contribution in [0.5, 0.6) is 0 Å². The average Bonchev–Trinajstić information content (AvgIpc) is 1.88. The molecule has 3 heteroatoms. The fourth-order valence-corrected chi connectivity index (χ4v) is 1.13. The molecule has 1 N–H and O–H groups in total. The summed E-state index contributed by atoms with van der Waals surface area (Å²) in [4.78, 5) is 4.26. The van der Waals surface area contributed by atoms with Crippen LogP contribution in [-0.2, 0) is 0 Å². The van der Waals surface area contributed by atoms with E-state index in [1.807, 2.05) is 4.90 Å². The highest BCUT2D eigenvalue weighted by molar-refractivity contribution is 4.77. The first-order chi connectivity index (χ1) is 4.70. The molecule has 0 saturated carbocycles. The molecule has 0 unspecified atom stereocenters. The van der Waals surface area contributed by atoms with Crippen molar-refractivity contribution in [3.05, 3.63) is 6.23 Å². The van der Waals surface area contributed by atoms with Gasteiger partial charge in [0.25, 0.3) is 0 Å². The van der Waals surface area contributed by atoms with Crippen molar-refractivity contribution in [3.63, 3.8) is 0 Å². The predicted molar refractivity (Wildman–Crippen MR) is 39.9 cm³/mol. The van der Waals surface area contributed by atoms with Crippen molar-refractivity contribution >= 4 is 0 Å². The van der Waals surface area contributed by atoms with Crippen LogP contribution in [0.2, 0.25) is 0 Å². The van der Waals surface area contributed by atoms with Gasteiger partial charge in [-0.25, -0.2) is 0 Å². The van der Waals surface area contributed by atoms with Crippen LogP contribution in [0.4, 0.5) is 0 Å². The third-order valence-corrected chi connectivity index (χ3v) is 1.96. The molecule has 0 aromatic carbocycles. The Morgan fingerprint density at radius 3 is 2.10 bits per heavy atom. The Bertz CT molecular complexity index is 97.8. The smallest absolute Gasteiger partial charge is 0.158 e. The lowest BCUT2D eigenvalue weighted by atomic mass is 10.3. The van der Waals surface area contributed by atoms with Crippen LogP contribution in [0.25, 0.3) is 0 Å². The highest BCUT2D eigenvalue weighted by Gasteiger charge is 2.17. The SMILES string of the molecule is C[C](O)N1CCN(C)CC1. The fourth-order valence-electron chi connectivity index (χ4n) is 1.13. The molecule has 0 amide bonds. The maximum absolute atomic E-state index is 9.09. The van der Waals surface area contributed by atoms with Crippen LogP contribution in [0, 0.1) is 6.23 Å². The van der Waals surface area contributed by atoms with Crippen LogP contribution < -0.4 is 0 Å². The number of hydrogen-bond donors (Lipinski definition) is 1. The lowest BCUT2D eigenvalue weighted by molar-refractivity contribution is 0.0739. The molecule has 10 heavy (non-hydrogen) atoms. The molecular formula is C7H15N2O. The van der Waals surface area contributed by atoms with Crippen molar-refractivity contribution in [2.75, 3.05) is 33.2 Å². The number of aliphatic hydroxyl groups is 1. The largest absolute Gasteiger partial charge is 0.371 e. The first kappa shape index (κ1) is 7.98. The number of likely N-dealkylation sites (N-methyl/N-ethyl adjacent to an activating group) is 1. The van der Waals surface area contributed by atoms with Gasteiger partial charge in [0.15, 0.2) is 6.23 Å². The molecule has 1 aliphatic heterocycles. The molecule has 0 aromatic heterocycles. The standard InChI is InChI=1S/C7H15N2O/c1-7(10)9-5-3-8(2)4-6-9/h10H,3-6H2,1-2H3. The summed E-state index contributed by atoms with van der Waals surface area (Å²) < 4.78 is 0. The maximum Gasteiger partial charge on any atom is 0.158 e. The van der Waals surface area contributed by atoms with E-state index in [4.69, 9.17) is 5.11 Å². The third-order valence-electron chi connectivity index (χ3n) is 1.96. The summed E-state index contributed by atoms with van der Waals surface area (Å²) in [5, 5.41) is 9.09. The highest BCUT2D eigenvalue weighted by atomic mass is 16.3. The summed E-state index contributed by atoms with van der Waals surface area (Å²) in [6.45, 7) is 5.76. The fraction of sp³-hybridized carbons (Fsp3) is 0.857. The number of hydrogen-bond acceptors (Lipinski definition) is 3. The first-order valence-electron chi connectivity index (χ1n) is 3.66. The number of nitrogens with zero attached hydrogens (tertiary/aromatic N) is 2. The van der Waals surface area contributed by atoms with Gasteiger partial charge in [0, 0.05) is 26.2 Å². The van der Waals surface area contributed by atoms with E-state index in [1.165, 1.54) is 0 Å². The summed E-state index contributed by atoms with van der Waals surface area (Å²) >= 11 is 0. The first-order valence-corrected chi connectivity index (χ1v) is 3.66. The van der Waals surface area contributed by atoms with Crippen LogP contribution in [0.3, 0.4) is 0 Å². The molecule has 1 radical (unpaired) electrons. The maximum atomic E-state index is 9.09. The van der Waals surface area contributed by atoms with Crippen LogP contribution >= 0.6 is 0 Å². The van der Waals surface area contributed by atoms with Gasteiger partial charge in [-0.15, -0.1) is 0 Å². The van der Waals surface area contributed by atoms with Crippen LogP contribution in [-0.4, -0.2) is 48.1 Å². The van der Waals surface area contributed by atoms with Crippen LogP contribution in [0.1, 0.15) is 6.92 Å². The van der Waals surface area contributed by atoms with Crippen molar-refractivity contribution in [1.82, 2.24) is 9.80 Å². The molecule has 0 spiro atoms. The Kier molecular flexibility index (Phi) is 2.65. The van der Waals surface area contributed by atoms with E-state index < -0.39 is 0 Å². The van der Waals surface area contributed by atoms with Crippen LogP contribution in [0.15, 0.2) is 0 Å². The Balaban J connectivity index is 2.26. The van der Waals surface area contributed by atoms with Gasteiger partial charge in [-0.2, -0.15) is 0 Å². The Hall–Kier alpha value is -0.120. The van der Waals surface area contributed by atoms with Crippen molar-refractivity contribution in [1.29, 1.82) is 0 Å². The van der Waals surface area contributed by atoms with Crippen molar-refractivity contribution < 1.29 is 5.11 Å². The Morgan fingerprint density at radius 2 is 1.70 bits per heavy atom. The zero-order valence-corrected chi connectivity index (χ0v) is 6.67. The monoisotopic (exact) mass is 143 g/mol. The number of piperazine rings is 1. The van der Waals surface area contributed by atoms with Gasteiger partial charge in [0.05, 0.1) is 0 Å². The summed E-state index contributed by atoms with van der Waals surface area (Å²) in [6, 6.07) is 0. The summed E-state index contributed by atoms with van der Waals surface area (Å²) in [6.07, 6.45) is 0.452. The van der Waals surface area contributed by atoms with Gasteiger partial charge in [0.2, 0.25) is 0 Å². The molecular weight excluding hydrogens is 128 g/mol. The quantitative estimate of drug-likeness (QED) is 0.564. The molecule has 0 bridgehead atoms. The van der Waals surface area contributed by atoms with E-state index in [9.17, 15) is 0 Å². The van der Waals surface area contributed by atoms with Gasteiger partial charge in [0.1, 0.15) is 0 Å². The van der Waals surface area contributed by atoms with Gasteiger partial charge in [-0.3, -0.25) is 4.90 Å². The van der Waals surface area contributed by atoms with E-state index >= 15 is 0 Å². The molecule has 3 nitrogen and oxygen atoms in total. The minimum Gasteiger partial charge on any atom is -0.371 e. The van der Waals surface area contributed by atoms with Gasteiger partial charge < -0.3 is 10.0 Å². The van der Waals surface area contributed by atoms with E-state index in [0.717, 1.165) is 26.2 Å². The molecule has 1 aliphatic rings. The van der Waals surface area contributed by atoms with E-state index in [2.05, 4.69) is 11.9 Å². The summed E-state index contributed by atoms with van der Waals surface area (Å²) in [5.41, 5.74) is 0. The highest BCUT2D eigenvalue weighted by Crippen LogP contribution is 2.06. The van der Waals surface area contributed by atoms with Crippen molar-refractivity contribution in [3.8, 4) is 0 Å². The minimum atomic E-state index is 0.452. The number of rotatable bonds is 1. The summed E-state index contributed by atoms with van der Waals surface area (Å²) in [7, 11) is 2.10. The van der Waals surface area contributed by atoms with Gasteiger partial charge in [-0.1, -0.05) is 0 Å². The second-order valence-electron chi connectivity index (χ2n) is 2.84. The third kappa shape index (κ3) is 1.94. The Labute approximate surface area is 62.2 Å². The molecule has 0 aromatic rings. The lowest BCUT2D eigenvalue weighted by Gasteiger charge is -2.33. The zero-order chi connectivity index (χ0) is 7.56. The van der Waals surface area contributed by atoms with Crippen molar-refractivity contribution in [2.45, 2.75) is 6.92 Å². The van der Waals surface area contributed by atoms with E-state index in [-0.39, 0.29) is 0 Å². The topological polar surface area (TPSA) is 26.7 Å². The van der Waals surface area contributed by atoms with E-state index in [1.54, 1.807) is 6.92 Å². The van der Waals surface area contributed by atoms with Gasteiger partial charge in [-0.05, 0) is 14.0 Å². The normalized spacial score (nSPS) is 24.0. The summed E-state index contributed by atoms with van der Waals surface area (Å²) in [5.74, 6) is 0. The van der Waals surface area contributed by atoms with E-state index in [0.29, 0.717) is 6.23 Å². The molecule has 1 saturated heterocycles. The molecule has 1 rings (SSSR count). The van der Waals surface area contributed by atoms with Crippen molar-refractivity contribution in [2.24, 2.45) is 0 Å². The predicted octanol–water partition coefficient (Wildman–Crippen LogP) is 0.116. The molecule has 0 aliphatic carbocycles. The Morgan fingerprint density at radius 1 is 1.20 bits per heavy atom. The zero-order valence-electron chi connectivity index (χ0n) is 6.67. The van der Waals surface area contributed by atoms with Gasteiger partial charge >= 0.3 is 0 Å². The second kappa shape index (κ2) is 3.32.